The van der Waals surface area contributed by atoms with Gasteiger partial charge in [0.2, 0.25) is 5.69 Å². The molecule has 0 aliphatic heterocycles. The molecule has 0 spiro atoms. The van der Waals surface area contributed by atoms with Gasteiger partial charge in [-0.1, -0.05) is 23.7 Å². The van der Waals surface area contributed by atoms with Gasteiger partial charge in [-0.25, -0.2) is 14.8 Å². The van der Waals surface area contributed by atoms with Crippen molar-refractivity contribution in [1.29, 1.82) is 0 Å². The van der Waals surface area contributed by atoms with Crippen LogP contribution in [-0.4, -0.2) is 38.4 Å². The molecule has 0 bridgehead atoms. The molecule has 0 unspecified atom stereocenters. The quantitative estimate of drug-likeness (QED) is 0.142. The molecule has 0 aliphatic rings. The molecule has 0 fully saturated rings. The Balaban J connectivity index is 1.55. The first-order valence-corrected chi connectivity index (χ1v) is 15.4. The molecule has 0 amide bonds. The van der Waals surface area contributed by atoms with Crippen LogP contribution in [0.15, 0.2) is 67.0 Å². The molecule has 2 aromatic carbocycles. The number of esters is 1. The van der Waals surface area contributed by atoms with Gasteiger partial charge in [0.25, 0.3) is 0 Å². The number of fused-ring (bicyclic) bond motifs is 2. The molecule has 10 heteroatoms. The maximum atomic E-state index is 13.2. The van der Waals surface area contributed by atoms with E-state index >= 15 is 0 Å². The smallest absolute Gasteiger partial charge is 0.339 e. The first-order valence-electron chi connectivity index (χ1n) is 14.2. The number of carbonyl (C=O) groups excluding carboxylic acids is 1. The van der Waals surface area contributed by atoms with E-state index in [9.17, 15) is 4.79 Å². The van der Waals surface area contributed by atoms with Crippen molar-refractivity contribution >= 4 is 50.2 Å². The van der Waals surface area contributed by atoms with Crippen LogP contribution in [0.25, 0.3) is 54.3 Å². The summed E-state index contributed by atoms with van der Waals surface area (Å²) >= 11 is 7.86. The summed E-state index contributed by atoms with van der Waals surface area (Å²) in [5, 5.41) is 5.81. The van der Waals surface area contributed by atoms with Gasteiger partial charge in [0.05, 0.1) is 34.6 Å². The van der Waals surface area contributed by atoms with E-state index in [4.69, 9.17) is 31.0 Å². The zero-order valence-electron chi connectivity index (χ0n) is 25.7. The fraction of sp³-hybridized carbons (Fsp3) is 0.265. The molecule has 8 nitrogen and oxygen atoms in total. The third-order valence-corrected chi connectivity index (χ3v) is 8.86. The van der Waals surface area contributed by atoms with Crippen molar-refractivity contribution in [2.45, 2.75) is 39.4 Å². The fourth-order valence-electron chi connectivity index (χ4n) is 5.40. The number of ether oxygens (including phenoxy) is 2. The lowest BCUT2D eigenvalue weighted by Gasteiger charge is -2.28. The number of hydrogen-bond donors (Lipinski definition) is 0. The molecule has 224 valence electrons. The number of hydrogen-bond acceptors (Lipinski definition) is 7. The van der Waals surface area contributed by atoms with E-state index in [1.165, 1.54) is 7.11 Å². The van der Waals surface area contributed by atoms with Crippen LogP contribution in [0.3, 0.4) is 0 Å². The van der Waals surface area contributed by atoms with Gasteiger partial charge in [0.1, 0.15) is 23.3 Å². The standard InChI is InChI=1S/C34H33ClN5O3S/c1-19-16-24-31(29(20-8-10-22(35)11-9-20)28(19)30(33(41)42-7)43-34(2,3)4)44-32(38-24)21-14-15-39(5)27(17-21)23-12-13-26-25(37-23)18-36-40(26)6/h8-18,30H,1-7H3/q+1/t30-/m0/s1. The molecular weight excluding hydrogens is 594 g/mol. The summed E-state index contributed by atoms with van der Waals surface area (Å²) in [7, 11) is 5.30. The number of thiazole rings is 1. The Hall–Kier alpha value is -4.18. The predicted octanol–water partition coefficient (Wildman–Crippen LogP) is 7.39. The topological polar surface area (TPSA) is 83.0 Å². The van der Waals surface area contributed by atoms with Crippen molar-refractivity contribution in [2.75, 3.05) is 7.11 Å². The molecule has 4 aromatic heterocycles. The highest BCUT2D eigenvalue weighted by molar-refractivity contribution is 7.22. The van der Waals surface area contributed by atoms with Crippen LogP contribution in [0.2, 0.25) is 5.02 Å². The maximum absolute atomic E-state index is 13.2. The lowest BCUT2D eigenvalue weighted by molar-refractivity contribution is -0.660. The molecule has 0 aliphatic carbocycles. The van der Waals surface area contributed by atoms with Crippen molar-refractivity contribution in [2.24, 2.45) is 14.1 Å². The number of methoxy groups -OCH3 is 1. The molecule has 4 heterocycles. The summed E-state index contributed by atoms with van der Waals surface area (Å²) in [6, 6.07) is 17.9. The number of rotatable bonds is 6. The monoisotopic (exact) mass is 626 g/mol. The summed E-state index contributed by atoms with van der Waals surface area (Å²) in [5.41, 5.74) is 8.23. The highest BCUT2D eigenvalue weighted by Gasteiger charge is 2.33. The van der Waals surface area contributed by atoms with Crippen molar-refractivity contribution < 1.29 is 18.8 Å². The molecule has 0 saturated heterocycles. The average Bonchev–Trinajstić information content (AvgIpc) is 3.58. The normalized spacial score (nSPS) is 12.6. The van der Waals surface area contributed by atoms with Gasteiger partial charge in [0.15, 0.2) is 12.3 Å². The van der Waals surface area contributed by atoms with Gasteiger partial charge < -0.3 is 9.47 Å². The average molecular weight is 627 g/mol. The van der Waals surface area contributed by atoms with E-state index in [1.54, 1.807) is 17.5 Å². The van der Waals surface area contributed by atoms with Crippen LogP contribution >= 0.6 is 22.9 Å². The molecule has 0 saturated carbocycles. The molecule has 1 atom stereocenters. The third kappa shape index (κ3) is 5.58. The summed E-state index contributed by atoms with van der Waals surface area (Å²) in [4.78, 5) is 23.2. The Labute approximate surface area is 264 Å². The lowest BCUT2D eigenvalue weighted by Crippen LogP contribution is -2.30. The molecule has 6 aromatic rings. The van der Waals surface area contributed by atoms with Crippen LogP contribution in [0.4, 0.5) is 0 Å². The highest BCUT2D eigenvalue weighted by atomic mass is 35.5. The fourth-order valence-corrected chi connectivity index (χ4v) is 6.65. The van der Waals surface area contributed by atoms with Gasteiger partial charge in [0, 0.05) is 40.9 Å². The van der Waals surface area contributed by atoms with Gasteiger partial charge in [-0.05, 0) is 69.2 Å². The minimum atomic E-state index is -0.934. The zero-order valence-corrected chi connectivity index (χ0v) is 27.2. The lowest BCUT2D eigenvalue weighted by atomic mass is 9.91. The predicted molar refractivity (Wildman–Crippen MR) is 175 cm³/mol. The van der Waals surface area contributed by atoms with Gasteiger partial charge >= 0.3 is 5.97 Å². The maximum Gasteiger partial charge on any atom is 0.339 e. The number of nitrogens with zero attached hydrogens (tertiary/aromatic N) is 5. The van der Waals surface area contributed by atoms with Gasteiger partial charge in [-0.15, -0.1) is 11.3 Å². The number of halogens is 1. The van der Waals surface area contributed by atoms with E-state index < -0.39 is 17.7 Å². The van der Waals surface area contributed by atoms with Crippen LogP contribution in [0.5, 0.6) is 0 Å². The van der Waals surface area contributed by atoms with Crippen LogP contribution in [0.1, 0.15) is 38.0 Å². The van der Waals surface area contributed by atoms with Crippen LogP contribution in [-0.2, 0) is 28.4 Å². The van der Waals surface area contributed by atoms with E-state index in [2.05, 4.69) is 17.2 Å². The number of pyridine rings is 2. The first-order chi connectivity index (χ1) is 20.9. The minimum Gasteiger partial charge on any atom is -0.467 e. The second kappa shape index (κ2) is 11.4. The van der Waals surface area contributed by atoms with Crippen LogP contribution < -0.4 is 4.57 Å². The number of aromatic nitrogens is 5. The van der Waals surface area contributed by atoms with Crippen molar-refractivity contribution in [1.82, 2.24) is 19.7 Å². The van der Waals surface area contributed by atoms with Gasteiger partial charge in [-0.3, -0.25) is 4.68 Å². The largest absolute Gasteiger partial charge is 0.467 e. The summed E-state index contributed by atoms with van der Waals surface area (Å²) < 4.78 is 16.4. The van der Waals surface area contributed by atoms with Gasteiger partial charge in [-0.2, -0.15) is 9.67 Å². The van der Waals surface area contributed by atoms with Crippen molar-refractivity contribution in [3.63, 3.8) is 0 Å². The molecule has 0 N–H and O–H groups in total. The number of aryl methyl sites for hydroxylation is 3. The number of carbonyl (C=O) groups is 1. The SMILES string of the molecule is COC(=O)[C@@H](OC(C)(C)C)c1c(C)cc2nc(-c3cc[n+](C)c(-c4ccc5c(cnn5C)n4)c3)sc2c1-c1ccc(Cl)cc1. The Morgan fingerprint density at radius 3 is 2.48 bits per heavy atom. The van der Waals surface area contributed by atoms with Crippen molar-refractivity contribution in [3.05, 3.63) is 83.1 Å². The van der Waals surface area contributed by atoms with E-state index in [0.29, 0.717) is 5.02 Å². The summed E-state index contributed by atoms with van der Waals surface area (Å²) in [6.45, 7) is 7.77. The summed E-state index contributed by atoms with van der Waals surface area (Å²) in [6.07, 6.45) is 2.86. The van der Waals surface area contributed by atoms with Crippen LogP contribution in [0, 0.1) is 6.92 Å². The molecule has 44 heavy (non-hydrogen) atoms. The van der Waals surface area contributed by atoms with Crippen molar-refractivity contribution in [3.8, 4) is 33.1 Å². The van der Waals surface area contributed by atoms with E-state index in [-0.39, 0.29) is 0 Å². The Morgan fingerprint density at radius 2 is 1.77 bits per heavy atom. The summed E-state index contributed by atoms with van der Waals surface area (Å²) in [5.74, 6) is -0.458. The second-order valence-corrected chi connectivity index (χ2v) is 13.2. The highest BCUT2D eigenvalue weighted by Crippen LogP contribution is 2.44. The first kappa shape index (κ1) is 29.9. The minimum absolute atomic E-state index is 0.458. The second-order valence-electron chi connectivity index (χ2n) is 11.8. The Bertz CT molecular complexity index is 2040. The molecular formula is C34H33ClN5O3S+. The third-order valence-electron chi connectivity index (χ3n) is 7.47. The zero-order chi connectivity index (χ0) is 31.3. The Morgan fingerprint density at radius 1 is 1.02 bits per heavy atom. The van der Waals surface area contributed by atoms with E-state index in [0.717, 1.165) is 65.5 Å². The molecule has 0 radical (unpaired) electrons. The Kier molecular flexibility index (Phi) is 7.73. The number of benzene rings is 2. The molecule has 6 rings (SSSR count). The van der Waals surface area contributed by atoms with E-state index in [1.807, 2.05) is 99.7 Å².